The van der Waals surface area contributed by atoms with Crippen LogP contribution in [0.3, 0.4) is 0 Å². The summed E-state index contributed by atoms with van der Waals surface area (Å²) < 4.78 is 0. The number of nitrogens with zero attached hydrogens (tertiary/aromatic N) is 2. The van der Waals surface area contributed by atoms with Crippen molar-refractivity contribution in [1.82, 2.24) is 9.97 Å². The molecule has 0 amide bonds. The Morgan fingerprint density at radius 2 is 0.730 bits per heavy atom. The molecule has 302 valence electrons. The predicted molar refractivity (Wildman–Crippen MR) is 262 cm³/mol. The maximum atomic E-state index is 5.47. The summed E-state index contributed by atoms with van der Waals surface area (Å²) in [6.45, 7) is 4.83. The van der Waals surface area contributed by atoms with Crippen molar-refractivity contribution in [2.45, 2.75) is 56.8 Å². The Labute approximate surface area is 371 Å². The minimum Gasteiger partial charge on any atom is -0.243 e. The Balaban J connectivity index is 0.920. The van der Waals surface area contributed by atoms with Gasteiger partial charge in [0.25, 0.3) is 0 Å². The topological polar surface area (TPSA) is 25.8 Å². The molecule has 0 bridgehead atoms. The minimum absolute atomic E-state index is 0.0758. The predicted octanol–water partition coefficient (Wildman–Crippen LogP) is 16.0. The van der Waals surface area contributed by atoms with Crippen LogP contribution >= 0.6 is 0 Å². The summed E-state index contributed by atoms with van der Waals surface area (Å²) in [6.07, 6.45) is 6.44. The van der Waals surface area contributed by atoms with Crippen molar-refractivity contribution in [2.24, 2.45) is 0 Å². The van der Waals surface area contributed by atoms with E-state index in [2.05, 4.69) is 196 Å². The highest BCUT2D eigenvalue weighted by Crippen LogP contribution is 2.60. The lowest BCUT2D eigenvalue weighted by atomic mass is 9.67. The zero-order chi connectivity index (χ0) is 42.1. The summed E-state index contributed by atoms with van der Waals surface area (Å²) in [4.78, 5) is 10.9. The van der Waals surface area contributed by atoms with Gasteiger partial charge in [-0.1, -0.05) is 203 Å². The van der Waals surface area contributed by atoms with Crippen molar-refractivity contribution in [3.63, 3.8) is 0 Å². The van der Waals surface area contributed by atoms with E-state index >= 15 is 0 Å². The molecule has 0 unspecified atom stereocenters. The second-order valence-corrected chi connectivity index (χ2v) is 18.4. The van der Waals surface area contributed by atoms with E-state index in [0.29, 0.717) is 0 Å². The Morgan fingerprint density at radius 3 is 1.33 bits per heavy atom. The molecule has 0 aliphatic heterocycles. The molecular formula is C61H48N2. The first kappa shape index (κ1) is 37.6. The van der Waals surface area contributed by atoms with Crippen LogP contribution in [0.15, 0.2) is 194 Å². The fourth-order valence-electron chi connectivity index (χ4n) is 11.3. The zero-order valence-corrected chi connectivity index (χ0v) is 35.9. The second-order valence-electron chi connectivity index (χ2n) is 18.4. The monoisotopic (exact) mass is 808 g/mol. The molecule has 1 spiro atoms. The lowest BCUT2D eigenvalue weighted by molar-refractivity contribution is 0.353. The molecule has 2 heteroatoms. The Kier molecular flexibility index (Phi) is 8.80. The van der Waals surface area contributed by atoms with Gasteiger partial charge in [-0.05, 0) is 104 Å². The van der Waals surface area contributed by atoms with E-state index in [1.807, 2.05) is 12.1 Å². The third-order valence-electron chi connectivity index (χ3n) is 14.5. The van der Waals surface area contributed by atoms with Crippen molar-refractivity contribution in [3.05, 3.63) is 216 Å². The van der Waals surface area contributed by atoms with Gasteiger partial charge in [0.15, 0.2) is 0 Å². The maximum Gasteiger partial charge on any atom is 0.0973 e. The van der Waals surface area contributed by atoms with E-state index in [1.165, 1.54) is 87.7 Å². The fourth-order valence-corrected chi connectivity index (χ4v) is 11.3. The van der Waals surface area contributed by atoms with Crippen molar-refractivity contribution >= 4 is 0 Å². The van der Waals surface area contributed by atoms with E-state index in [-0.39, 0.29) is 10.8 Å². The van der Waals surface area contributed by atoms with Gasteiger partial charge in [0.05, 0.1) is 22.8 Å². The number of aromatic nitrogens is 2. The second kappa shape index (κ2) is 14.7. The zero-order valence-electron chi connectivity index (χ0n) is 35.9. The fraction of sp³-hybridized carbons (Fsp3) is 0.148. The third kappa shape index (κ3) is 6.07. The molecule has 63 heavy (non-hydrogen) atoms. The van der Waals surface area contributed by atoms with Crippen LogP contribution in [0.4, 0.5) is 0 Å². The molecule has 0 radical (unpaired) electrons. The molecule has 1 fully saturated rings. The average molecular weight is 809 g/mol. The average Bonchev–Trinajstić information content (AvgIpc) is 3.74. The summed E-state index contributed by atoms with van der Waals surface area (Å²) >= 11 is 0. The van der Waals surface area contributed by atoms with E-state index < -0.39 is 0 Å². The minimum atomic E-state index is -0.0758. The summed E-state index contributed by atoms with van der Waals surface area (Å²) in [7, 11) is 0. The number of rotatable bonds is 6. The SMILES string of the molecule is CC1(C)c2ccc(-c3cccc(-c4ccc(-c5nc(-c6ccccc6)c(-c6ccccc6)nc5-c5ccccc5)cc4)c3)cc2-c2cc3c(cc21)-c1ccccc1C31CCCCC1. The molecule has 12 rings (SSSR count). The number of hydrogen-bond acceptors (Lipinski definition) is 2. The van der Waals surface area contributed by atoms with Crippen LogP contribution in [-0.4, -0.2) is 9.97 Å². The van der Waals surface area contributed by atoms with Crippen molar-refractivity contribution < 1.29 is 0 Å². The van der Waals surface area contributed by atoms with Gasteiger partial charge in [-0.2, -0.15) is 0 Å². The molecule has 1 aromatic heterocycles. The van der Waals surface area contributed by atoms with Gasteiger partial charge in [0, 0.05) is 33.1 Å². The number of hydrogen-bond donors (Lipinski definition) is 0. The molecule has 3 aliphatic rings. The van der Waals surface area contributed by atoms with Gasteiger partial charge in [-0.25, -0.2) is 9.97 Å². The summed E-state index contributed by atoms with van der Waals surface area (Å²) in [5.74, 6) is 0. The van der Waals surface area contributed by atoms with E-state index in [9.17, 15) is 0 Å². The molecule has 2 nitrogen and oxygen atoms in total. The highest BCUT2D eigenvalue weighted by molar-refractivity contribution is 5.92. The van der Waals surface area contributed by atoms with E-state index in [0.717, 1.165) is 45.0 Å². The highest BCUT2D eigenvalue weighted by atomic mass is 14.9. The van der Waals surface area contributed by atoms with Crippen molar-refractivity contribution in [2.75, 3.05) is 0 Å². The quantitative estimate of drug-likeness (QED) is 0.167. The van der Waals surface area contributed by atoms with Gasteiger partial charge >= 0.3 is 0 Å². The third-order valence-corrected chi connectivity index (χ3v) is 14.5. The molecule has 1 heterocycles. The Hall–Kier alpha value is -7.16. The smallest absolute Gasteiger partial charge is 0.0973 e. The van der Waals surface area contributed by atoms with Crippen LogP contribution in [0.5, 0.6) is 0 Å². The molecule has 3 aliphatic carbocycles. The maximum absolute atomic E-state index is 5.47. The molecule has 1 saturated carbocycles. The highest BCUT2D eigenvalue weighted by Gasteiger charge is 2.46. The lowest BCUT2D eigenvalue weighted by Crippen LogP contribution is -2.28. The van der Waals surface area contributed by atoms with Crippen LogP contribution in [0, 0.1) is 0 Å². The first-order valence-electron chi connectivity index (χ1n) is 22.7. The molecule has 0 N–H and O–H groups in total. The van der Waals surface area contributed by atoms with Crippen LogP contribution in [-0.2, 0) is 10.8 Å². The van der Waals surface area contributed by atoms with Crippen molar-refractivity contribution in [3.8, 4) is 89.5 Å². The van der Waals surface area contributed by atoms with Crippen LogP contribution in [0.1, 0.15) is 68.2 Å². The largest absolute Gasteiger partial charge is 0.243 e. The summed E-state index contributed by atoms with van der Waals surface area (Å²) in [5, 5.41) is 0. The van der Waals surface area contributed by atoms with Gasteiger partial charge < -0.3 is 0 Å². The number of fused-ring (bicyclic) bond motifs is 8. The first-order valence-corrected chi connectivity index (χ1v) is 22.7. The molecule has 9 aromatic rings. The van der Waals surface area contributed by atoms with Gasteiger partial charge in [0.1, 0.15) is 0 Å². The molecular weight excluding hydrogens is 761 g/mol. The van der Waals surface area contributed by atoms with Crippen LogP contribution in [0.2, 0.25) is 0 Å². The first-order chi connectivity index (χ1) is 31.0. The molecule has 0 atom stereocenters. The van der Waals surface area contributed by atoms with Gasteiger partial charge in [-0.15, -0.1) is 0 Å². The van der Waals surface area contributed by atoms with Gasteiger partial charge in [0.2, 0.25) is 0 Å². The van der Waals surface area contributed by atoms with Crippen molar-refractivity contribution in [1.29, 1.82) is 0 Å². The van der Waals surface area contributed by atoms with Crippen LogP contribution in [0.25, 0.3) is 89.5 Å². The van der Waals surface area contributed by atoms with E-state index in [1.54, 1.807) is 11.1 Å². The summed E-state index contributed by atoms with van der Waals surface area (Å²) in [6, 6.07) is 70.9. The molecule has 8 aromatic carbocycles. The van der Waals surface area contributed by atoms with Crippen LogP contribution < -0.4 is 0 Å². The summed E-state index contributed by atoms with van der Waals surface area (Å²) in [5.41, 5.74) is 24.3. The Morgan fingerprint density at radius 1 is 0.302 bits per heavy atom. The Bertz CT molecular complexity index is 3190. The van der Waals surface area contributed by atoms with E-state index in [4.69, 9.17) is 9.97 Å². The number of benzene rings is 8. The standard InChI is InChI=1S/C61H48N2/c1-60(2)52-33-32-47(37-49(52)51-39-55-50(38-54(51)60)48-26-13-14-27-53(48)61(55)34-15-6-16-35-61)46-25-17-24-45(36-46)40-28-30-44(31-29-40)59-58(43-22-11-5-12-23-43)62-56(41-18-7-3-8-19-41)57(63-59)42-20-9-4-10-21-42/h3-5,7-14,17-33,36-39H,6,15-16,34-35H2,1-2H3. The lowest BCUT2D eigenvalue weighted by Gasteiger charge is -2.36. The van der Waals surface area contributed by atoms with Gasteiger partial charge in [-0.3, -0.25) is 0 Å². The molecule has 0 saturated heterocycles. The normalized spacial score (nSPS) is 15.1.